The summed E-state index contributed by atoms with van der Waals surface area (Å²) in [7, 11) is 0. The second kappa shape index (κ2) is 5.96. The maximum Gasteiger partial charge on any atom is 0.0603 e. The van der Waals surface area contributed by atoms with Gasteiger partial charge in [-0.15, -0.1) is 0 Å². The zero-order valence-corrected chi connectivity index (χ0v) is 10.9. The van der Waals surface area contributed by atoms with Crippen molar-refractivity contribution in [2.45, 2.75) is 38.8 Å². The molecule has 1 fully saturated rings. The van der Waals surface area contributed by atoms with Crippen LogP contribution < -0.4 is 5.73 Å². The van der Waals surface area contributed by atoms with Crippen molar-refractivity contribution in [3.63, 3.8) is 0 Å². The highest BCUT2D eigenvalue weighted by Gasteiger charge is 2.21. The Kier molecular flexibility index (Phi) is 5.18. The van der Waals surface area contributed by atoms with E-state index < -0.39 is 5.60 Å². The normalized spacial score (nSPS) is 22.3. The van der Waals surface area contributed by atoms with Crippen LogP contribution in [0.5, 0.6) is 0 Å². The predicted octanol–water partition coefficient (Wildman–Crippen LogP) is 0.112. The van der Waals surface area contributed by atoms with E-state index in [1.165, 1.54) is 0 Å². The summed E-state index contributed by atoms with van der Waals surface area (Å²) in [6.07, 6.45) is 0.847. The van der Waals surface area contributed by atoms with Gasteiger partial charge in [0.25, 0.3) is 0 Å². The minimum atomic E-state index is -0.540. The first-order valence-corrected chi connectivity index (χ1v) is 6.31. The lowest BCUT2D eigenvalue weighted by atomic mass is 10.1. The van der Waals surface area contributed by atoms with Gasteiger partial charge in [-0.05, 0) is 27.2 Å². The molecule has 16 heavy (non-hydrogen) atoms. The molecule has 1 aliphatic rings. The molecule has 4 nitrogen and oxygen atoms in total. The molecule has 4 heteroatoms. The fourth-order valence-corrected chi connectivity index (χ4v) is 2.01. The van der Waals surface area contributed by atoms with Crippen molar-refractivity contribution in [3.8, 4) is 0 Å². The molecule has 1 unspecified atom stereocenters. The third-order valence-electron chi connectivity index (χ3n) is 3.41. The van der Waals surface area contributed by atoms with Crippen molar-refractivity contribution in [3.05, 3.63) is 0 Å². The maximum absolute atomic E-state index is 9.67. The van der Waals surface area contributed by atoms with Gasteiger partial charge in [-0.2, -0.15) is 0 Å². The fraction of sp³-hybridized carbons (Fsp3) is 1.00. The molecule has 1 atom stereocenters. The molecule has 1 rings (SSSR count). The molecule has 0 bridgehead atoms. The summed E-state index contributed by atoms with van der Waals surface area (Å²) in [5.41, 5.74) is 5.12. The van der Waals surface area contributed by atoms with E-state index in [1.54, 1.807) is 0 Å². The van der Waals surface area contributed by atoms with Crippen LogP contribution in [0, 0.1) is 0 Å². The van der Waals surface area contributed by atoms with Gasteiger partial charge in [0.15, 0.2) is 0 Å². The van der Waals surface area contributed by atoms with Crippen LogP contribution in [0.1, 0.15) is 27.2 Å². The van der Waals surface area contributed by atoms with E-state index >= 15 is 0 Å². The summed E-state index contributed by atoms with van der Waals surface area (Å²) in [5.74, 6) is 0. The number of nitrogens with two attached hydrogens (primary N) is 1. The monoisotopic (exact) mass is 229 g/mol. The molecule has 0 amide bonds. The summed E-state index contributed by atoms with van der Waals surface area (Å²) < 4.78 is 0. The lowest BCUT2D eigenvalue weighted by Crippen LogP contribution is -2.51. The highest BCUT2D eigenvalue weighted by molar-refractivity contribution is 4.78. The summed E-state index contributed by atoms with van der Waals surface area (Å²) in [6, 6.07) is 0.497. The van der Waals surface area contributed by atoms with Crippen molar-refractivity contribution in [2.75, 3.05) is 39.3 Å². The topological polar surface area (TPSA) is 52.7 Å². The molecule has 96 valence electrons. The number of piperazine rings is 1. The fourth-order valence-electron chi connectivity index (χ4n) is 2.01. The van der Waals surface area contributed by atoms with Gasteiger partial charge in [0.05, 0.1) is 5.60 Å². The standard InChI is InChI=1S/C12H27N3O/c1-11(10-13)15-8-6-14(7-9-15)5-4-12(2,3)16/h11,16H,4-10,13H2,1-3H3. The van der Waals surface area contributed by atoms with Crippen LogP contribution in [0.2, 0.25) is 0 Å². The van der Waals surface area contributed by atoms with Gasteiger partial charge < -0.3 is 15.7 Å². The molecular weight excluding hydrogens is 202 g/mol. The Balaban J connectivity index is 2.22. The van der Waals surface area contributed by atoms with Gasteiger partial charge in [0.2, 0.25) is 0 Å². The third kappa shape index (κ3) is 4.78. The molecule has 0 aromatic heterocycles. The van der Waals surface area contributed by atoms with Gasteiger partial charge in [-0.1, -0.05) is 0 Å². The van der Waals surface area contributed by atoms with Gasteiger partial charge in [0.1, 0.15) is 0 Å². The summed E-state index contributed by atoms with van der Waals surface area (Å²) in [6.45, 7) is 12.1. The molecule has 1 aliphatic heterocycles. The zero-order chi connectivity index (χ0) is 12.2. The van der Waals surface area contributed by atoms with Crippen molar-refractivity contribution in [1.82, 2.24) is 9.80 Å². The van der Waals surface area contributed by atoms with Crippen molar-refractivity contribution < 1.29 is 5.11 Å². The molecule has 1 saturated heterocycles. The Morgan fingerprint density at radius 1 is 1.25 bits per heavy atom. The molecule has 0 aromatic carbocycles. The Morgan fingerprint density at radius 3 is 2.25 bits per heavy atom. The average Bonchev–Trinajstić information content (AvgIpc) is 2.25. The molecule has 3 N–H and O–H groups in total. The number of aliphatic hydroxyl groups is 1. The van der Waals surface area contributed by atoms with Crippen LogP contribution in [-0.4, -0.2) is 65.8 Å². The van der Waals surface area contributed by atoms with Gasteiger partial charge in [0, 0.05) is 45.3 Å². The second-order valence-corrected chi connectivity index (χ2v) is 5.52. The van der Waals surface area contributed by atoms with Crippen molar-refractivity contribution >= 4 is 0 Å². The largest absolute Gasteiger partial charge is 0.390 e. The molecule has 0 saturated carbocycles. The second-order valence-electron chi connectivity index (χ2n) is 5.52. The van der Waals surface area contributed by atoms with E-state index in [1.807, 2.05) is 13.8 Å². The van der Waals surface area contributed by atoms with Crippen LogP contribution in [0.25, 0.3) is 0 Å². The van der Waals surface area contributed by atoms with Crippen LogP contribution in [0.3, 0.4) is 0 Å². The SMILES string of the molecule is CC(CN)N1CCN(CCC(C)(C)O)CC1. The van der Waals surface area contributed by atoms with E-state index in [0.717, 1.165) is 45.7 Å². The Labute approximate surface area is 99.4 Å². The first kappa shape index (κ1) is 13.9. The first-order valence-electron chi connectivity index (χ1n) is 6.31. The van der Waals surface area contributed by atoms with Gasteiger partial charge >= 0.3 is 0 Å². The first-order chi connectivity index (χ1) is 7.42. The molecular formula is C12H27N3O. The van der Waals surface area contributed by atoms with Crippen molar-refractivity contribution in [2.24, 2.45) is 5.73 Å². The van der Waals surface area contributed by atoms with E-state index in [9.17, 15) is 5.11 Å². The van der Waals surface area contributed by atoms with Crippen LogP contribution in [-0.2, 0) is 0 Å². The number of hydrogen-bond acceptors (Lipinski definition) is 4. The molecule has 0 aliphatic carbocycles. The van der Waals surface area contributed by atoms with Crippen molar-refractivity contribution in [1.29, 1.82) is 0 Å². The lowest BCUT2D eigenvalue weighted by Gasteiger charge is -2.38. The van der Waals surface area contributed by atoms with Gasteiger partial charge in [-0.3, -0.25) is 4.90 Å². The smallest absolute Gasteiger partial charge is 0.0603 e. The Hall–Kier alpha value is -0.160. The molecule has 0 radical (unpaired) electrons. The van der Waals surface area contributed by atoms with E-state index in [4.69, 9.17) is 5.73 Å². The highest BCUT2D eigenvalue weighted by Crippen LogP contribution is 2.11. The Bertz CT molecular complexity index is 195. The number of rotatable bonds is 5. The van der Waals surface area contributed by atoms with Crippen LogP contribution in [0.4, 0.5) is 0 Å². The molecule has 0 aromatic rings. The number of hydrogen-bond donors (Lipinski definition) is 2. The quantitative estimate of drug-likeness (QED) is 0.703. The summed E-state index contributed by atoms with van der Waals surface area (Å²) in [4.78, 5) is 4.87. The highest BCUT2D eigenvalue weighted by atomic mass is 16.3. The van der Waals surface area contributed by atoms with Crippen LogP contribution in [0.15, 0.2) is 0 Å². The summed E-state index contributed by atoms with van der Waals surface area (Å²) >= 11 is 0. The molecule has 0 spiro atoms. The Morgan fingerprint density at radius 2 is 1.81 bits per heavy atom. The van der Waals surface area contributed by atoms with E-state index in [0.29, 0.717) is 6.04 Å². The summed E-state index contributed by atoms with van der Waals surface area (Å²) in [5, 5.41) is 9.67. The number of nitrogens with zero attached hydrogens (tertiary/aromatic N) is 2. The zero-order valence-electron chi connectivity index (χ0n) is 10.9. The minimum absolute atomic E-state index is 0.497. The average molecular weight is 229 g/mol. The maximum atomic E-state index is 9.67. The third-order valence-corrected chi connectivity index (χ3v) is 3.41. The van der Waals surface area contributed by atoms with E-state index in [2.05, 4.69) is 16.7 Å². The van der Waals surface area contributed by atoms with Crippen LogP contribution >= 0.6 is 0 Å². The minimum Gasteiger partial charge on any atom is -0.390 e. The lowest BCUT2D eigenvalue weighted by molar-refractivity contribution is 0.0433. The predicted molar refractivity (Wildman–Crippen MR) is 67.4 cm³/mol. The van der Waals surface area contributed by atoms with E-state index in [-0.39, 0.29) is 0 Å². The van der Waals surface area contributed by atoms with Gasteiger partial charge in [-0.25, -0.2) is 0 Å². The molecule has 1 heterocycles.